The molecule has 0 spiro atoms. The second kappa shape index (κ2) is 9.54. The van der Waals surface area contributed by atoms with E-state index in [2.05, 4.69) is 10.6 Å². The van der Waals surface area contributed by atoms with E-state index in [0.29, 0.717) is 11.8 Å². The molecule has 0 bridgehead atoms. The third-order valence-electron chi connectivity index (χ3n) is 3.54. The fraction of sp³-hybridized carbons (Fsp3) is 0.150. The number of carbonyl (C=O) groups excluding carboxylic acids is 3. The van der Waals surface area contributed by atoms with Crippen molar-refractivity contribution in [3.8, 4) is 0 Å². The summed E-state index contributed by atoms with van der Waals surface area (Å²) < 4.78 is 41.5. The Kier molecular flexibility index (Phi) is 7.13. The summed E-state index contributed by atoms with van der Waals surface area (Å²) >= 11 is 0. The van der Waals surface area contributed by atoms with E-state index in [4.69, 9.17) is 4.74 Å². The van der Waals surface area contributed by atoms with Gasteiger partial charge in [0.25, 0.3) is 11.7 Å². The minimum Gasteiger partial charge on any atom is -0.452 e. The molecule has 0 aliphatic rings. The van der Waals surface area contributed by atoms with Crippen LogP contribution in [0, 0.1) is 6.92 Å². The summed E-state index contributed by atoms with van der Waals surface area (Å²) in [5.41, 5.74) is 1.59. The zero-order valence-corrected chi connectivity index (χ0v) is 15.2. The molecule has 0 aliphatic heterocycles. The average molecular weight is 406 g/mol. The van der Waals surface area contributed by atoms with Gasteiger partial charge in [-0.25, -0.2) is 4.79 Å². The van der Waals surface area contributed by atoms with E-state index in [9.17, 15) is 27.6 Å². The molecule has 152 valence electrons. The number of halogens is 3. The van der Waals surface area contributed by atoms with Gasteiger partial charge in [-0.05, 0) is 36.8 Å². The summed E-state index contributed by atoms with van der Waals surface area (Å²) in [6.45, 7) is 1.31. The number of aryl methyl sites for hydroxylation is 1. The first-order valence-corrected chi connectivity index (χ1v) is 8.34. The molecule has 0 fully saturated rings. The van der Waals surface area contributed by atoms with Gasteiger partial charge in [0.15, 0.2) is 6.61 Å². The molecule has 0 atom stereocenters. The molecular formula is C20H17F3N2O4. The monoisotopic (exact) mass is 406 g/mol. The molecule has 2 aromatic rings. The van der Waals surface area contributed by atoms with Gasteiger partial charge in [-0.2, -0.15) is 13.2 Å². The third-order valence-corrected chi connectivity index (χ3v) is 3.54. The second-order valence-corrected chi connectivity index (χ2v) is 5.88. The van der Waals surface area contributed by atoms with Crippen molar-refractivity contribution in [3.63, 3.8) is 0 Å². The molecule has 0 saturated carbocycles. The zero-order valence-electron chi connectivity index (χ0n) is 15.2. The van der Waals surface area contributed by atoms with E-state index >= 15 is 0 Å². The van der Waals surface area contributed by atoms with Crippen LogP contribution in [0.25, 0.3) is 0 Å². The zero-order chi connectivity index (χ0) is 21.4. The Hall–Kier alpha value is -3.62. The van der Waals surface area contributed by atoms with Crippen molar-refractivity contribution in [2.24, 2.45) is 0 Å². The lowest BCUT2D eigenvalue weighted by Gasteiger charge is -2.10. The molecule has 0 heterocycles. The highest BCUT2D eigenvalue weighted by atomic mass is 19.4. The number of nitrogens with one attached hydrogen (secondary N) is 2. The third kappa shape index (κ3) is 6.80. The Bertz CT molecular complexity index is 939. The summed E-state index contributed by atoms with van der Waals surface area (Å²) in [7, 11) is 0. The van der Waals surface area contributed by atoms with E-state index in [1.807, 2.05) is 13.0 Å². The van der Waals surface area contributed by atoms with Gasteiger partial charge in [0.05, 0.1) is 11.3 Å². The van der Waals surface area contributed by atoms with Crippen LogP contribution >= 0.6 is 0 Å². The molecular weight excluding hydrogens is 389 g/mol. The maximum Gasteiger partial charge on any atom is 0.454 e. The topological polar surface area (TPSA) is 84.5 Å². The Morgan fingerprint density at radius 1 is 1.07 bits per heavy atom. The van der Waals surface area contributed by atoms with Gasteiger partial charge in [0.1, 0.15) is 0 Å². The van der Waals surface area contributed by atoms with Crippen molar-refractivity contribution < 1.29 is 32.3 Å². The standard InChI is InChI=1S/C20H17F3N2O4/c1-13-5-4-6-14(11-13)25-18(27)12-29-19(28)15-7-2-3-8-16(15)24-10-9-17(26)20(21,22)23/h2-11,24H,12H2,1H3,(H,25,27)/b10-9+. The number of para-hydroxylation sites is 1. The average Bonchev–Trinajstić information content (AvgIpc) is 2.65. The van der Waals surface area contributed by atoms with Crippen molar-refractivity contribution in [1.29, 1.82) is 0 Å². The van der Waals surface area contributed by atoms with Crippen molar-refractivity contribution in [1.82, 2.24) is 0 Å². The first kappa shape index (κ1) is 21.7. The minimum atomic E-state index is -4.98. The minimum absolute atomic E-state index is 0.0139. The number of allylic oxidation sites excluding steroid dienone is 1. The number of amides is 1. The summed E-state index contributed by atoms with van der Waals surface area (Å²) in [5.74, 6) is -3.45. The van der Waals surface area contributed by atoms with Gasteiger partial charge < -0.3 is 15.4 Å². The molecule has 0 saturated heterocycles. The van der Waals surface area contributed by atoms with Crippen molar-refractivity contribution in [2.45, 2.75) is 13.1 Å². The molecule has 2 N–H and O–H groups in total. The Balaban J connectivity index is 1.96. The largest absolute Gasteiger partial charge is 0.454 e. The van der Waals surface area contributed by atoms with E-state index in [0.717, 1.165) is 11.8 Å². The number of esters is 1. The van der Waals surface area contributed by atoms with E-state index in [-0.39, 0.29) is 11.3 Å². The van der Waals surface area contributed by atoms with Crippen molar-refractivity contribution in [3.05, 3.63) is 71.9 Å². The van der Waals surface area contributed by atoms with Gasteiger partial charge in [-0.3, -0.25) is 9.59 Å². The van der Waals surface area contributed by atoms with Crippen LogP contribution in [0.3, 0.4) is 0 Å². The summed E-state index contributed by atoms with van der Waals surface area (Å²) in [5, 5.41) is 5.01. The van der Waals surface area contributed by atoms with Crippen LogP contribution in [0.15, 0.2) is 60.8 Å². The van der Waals surface area contributed by atoms with Crippen molar-refractivity contribution in [2.75, 3.05) is 17.2 Å². The van der Waals surface area contributed by atoms with Crippen LogP contribution in [0.5, 0.6) is 0 Å². The van der Waals surface area contributed by atoms with Gasteiger partial charge in [0, 0.05) is 18.0 Å². The van der Waals surface area contributed by atoms with Crippen LogP contribution in [-0.4, -0.2) is 30.4 Å². The molecule has 6 nitrogen and oxygen atoms in total. The predicted molar refractivity (Wildman–Crippen MR) is 100 cm³/mol. The quantitative estimate of drug-likeness (QED) is 0.539. The van der Waals surface area contributed by atoms with E-state index in [1.165, 1.54) is 24.3 Å². The van der Waals surface area contributed by atoms with Gasteiger partial charge in [-0.1, -0.05) is 24.3 Å². The fourth-order valence-corrected chi connectivity index (χ4v) is 2.22. The summed E-state index contributed by atoms with van der Waals surface area (Å²) in [4.78, 5) is 35.0. The Morgan fingerprint density at radius 3 is 2.48 bits per heavy atom. The predicted octanol–water partition coefficient (Wildman–Crippen LogP) is 3.85. The Morgan fingerprint density at radius 2 is 1.79 bits per heavy atom. The molecule has 1 amide bonds. The number of anilines is 2. The maximum atomic E-state index is 12.2. The van der Waals surface area contributed by atoms with Crippen molar-refractivity contribution >= 4 is 29.0 Å². The molecule has 0 aliphatic carbocycles. The number of alkyl halides is 3. The van der Waals surface area contributed by atoms with Crippen LogP contribution in [0.2, 0.25) is 0 Å². The SMILES string of the molecule is Cc1cccc(NC(=O)COC(=O)c2ccccc2N/C=C/C(=O)C(F)(F)F)c1. The number of ketones is 1. The molecule has 29 heavy (non-hydrogen) atoms. The Labute approximate surface area is 164 Å². The maximum absolute atomic E-state index is 12.2. The number of carbonyl (C=O) groups is 3. The molecule has 2 aromatic carbocycles. The van der Waals surface area contributed by atoms with Crippen LogP contribution in [0.1, 0.15) is 15.9 Å². The van der Waals surface area contributed by atoms with E-state index < -0.39 is 30.4 Å². The smallest absolute Gasteiger partial charge is 0.452 e. The fourth-order valence-electron chi connectivity index (χ4n) is 2.22. The van der Waals surface area contributed by atoms with Crippen LogP contribution in [-0.2, 0) is 14.3 Å². The number of rotatable bonds is 7. The van der Waals surface area contributed by atoms with Gasteiger partial charge >= 0.3 is 12.1 Å². The lowest BCUT2D eigenvalue weighted by molar-refractivity contribution is -0.165. The number of ether oxygens (including phenoxy) is 1. The van der Waals surface area contributed by atoms with E-state index in [1.54, 1.807) is 18.2 Å². The first-order chi connectivity index (χ1) is 13.7. The molecule has 2 rings (SSSR count). The lowest BCUT2D eigenvalue weighted by Crippen LogP contribution is -2.21. The highest BCUT2D eigenvalue weighted by Crippen LogP contribution is 2.18. The first-order valence-electron chi connectivity index (χ1n) is 8.34. The normalized spacial score (nSPS) is 11.2. The molecule has 0 aromatic heterocycles. The molecule has 0 radical (unpaired) electrons. The number of hydrogen-bond donors (Lipinski definition) is 2. The summed E-state index contributed by atoms with van der Waals surface area (Å²) in [6.07, 6.45) is -3.91. The highest BCUT2D eigenvalue weighted by molar-refractivity contribution is 5.99. The second-order valence-electron chi connectivity index (χ2n) is 5.88. The number of benzene rings is 2. The molecule has 9 heteroatoms. The van der Waals surface area contributed by atoms with Gasteiger partial charge in [0.2, 0.25) is 0 Å². The van der Waals surface area contributed by atoms with Crippen LogP contribution in [0.4, 0.5) is 24.5 Å². The highest BCUT2D eigenvalue weighted by Gasteiger charge is 2.36. The number of hydrogen-bond acceptors (Lipinski definition) is 5. The lowest BCUT2D eigenvalue weighted by atomic mass is 10.2. The van der Waals surface area contributed by atoms with Crippen LogP contribution < -0.4 is 10.6 Å². The summed E-state index contributed by atoms with van der Waals surface area (Å²) in [6, 6.07) is 12.9. The van der Waals surface area contributed by atoms with Gasteiger partial charge in [-0.15, -0.1) is 0 Å². The molecule has 0 unspecified atom stereocenters.